The first kappa shape index (κ1) is 25.4. The second-order valence-corrected chi connectivity index (χ2v) is 12.5. The van der Waals surface area contributed by atoms with Crippen LogP contribution >= 0.6 is 0 Å². The maximum Gasteiger partial charge on any atom is 0.0746 e. The van der Waals surface area contributed by atoms with Gasteiger partial charge in [0.2, 0.25) is 0 Å². The average Bonchev–Trinajstić information content (AvgIpc) is 3.58. The molecular weight excluding hydrogens is 555 g/mol. The van der Waals surface area contributed by atoms with Crippen LogP contribution in [0.5, 0.6) is 0 Å². The second kappa shape index (κ2) is 9.54. The van der Waals surface area contributed by atoms with Gasteiger partial charge in [0.05, 0.1) is 16.8 Å². The van der Waals surface area contributed by atoms with E-state index in [1.54, 1.807) is 0 Å². The van der Waals surface area contributed by atoms with Gasteiger partial charge < -0.3 is 4.90 Å². The average molecular weight is 584 g/mol. The highest BCUT2D eigenvalue weighted by molar-refractivity contribution is 6.05. The Labute approximate surface area is 268 Å². The van der Waals surface area contributed by atoms with E-state index < -0.39 is 5.41 Å². The standard InChI is InChI=1S/C45H29N/c1-2-18-33(19-3-1)46(42-26-12-17-30-14-6-7-20-34(30)42)43-27-13-23-37-38-28-31-15-4-5-16-32(31)29-41(38)45(44(37)43)39-24-10-8-21-35(39)36-22-9-11-25-40(36)45/h1-29H. The lowest BCUT2D eigenvalue weighted by Crippen LogP contribution is -2.28. The summed E-state index contributed by atoms with van der Waals surface area (Å²) in [4.78, 5) is 2.50. The molecular formula is C45H29N. The molecule has 46 heavy (non-hydrogen) atoms. The van der Waals surface area contributed by atoms with Crippen LogP contribution in [0.1, 0.15) is 22.3 Å². The van der Waals surface area contributed by atoms with Crippen LogP contribution in [-0.2, 0) is 5.41 Å². The summed E-state index contributed by atoms with van der Waals surface area (Å²) in [7, 11) is 0. The first-order chi connectivity index (χ1) is 22.8. The third kappa shape index (κ3) is 3.29. The molecule has 1 heteroatoms. The van der Waals surface area contributed by atoms with Crippen LogP contribution in [0.25, 0.3) is 43.8 Å². The number of hydrogen-bond donors (Lipinski definition) is 0. The Balaban J connectivity index is 1.39. The number of hydrogen-bond acceptors (Lipinski definition) is 1. The van der Waals surface area contributed by atoms with Gasteiger partial charge in [-0.2, -0.15) is 0 Å². The van der Waals surface area contributed by atoms with Gasteiger partial charge in [-0.3, -0.25) is 0 Å². The molecule has 0 radical (unpaired) electrons. The van der Waals surface area contributed by atoms with E-state index in [1.165, 1.54) is 77.4 Å². The van der Waals surface area contributed by atoms with Crippen molar-refractivity contribution in [2.24, 2.45) is 0 Å². The monoisotopic (exact) mass is 583 g/mol. The lowest BCUT2D eigenvalue weighted by atomic mass is 9.69. The fourth-order valence-corrected chi connectivity index (χ4v) is 8.44. The molecule has 1 spiro atoms. The summed E-state index contributed by atoms with van der Waals surface area (Å²) in [5.41, 5.74) is 13.7. The minimum Gasteiger partial charge on any atom is -0.310 e. The molecule has 10 rings (SSSR count). The van der Waals surface area contributed by atoms with Crippen molar-refractivity contribution in [2.45, 2.75) is 5.41 Å². The molecule has 0 heterocycles. The number of para-hydroxylation sites is 1. The summed E-state index contributed by atoms with van der Waals surface area (Å²) < 4.78 is 0. The van der Waals surface area contributed by atoms with Crippen molar-refractivity contribution < 1.29 is 0 Å². The molecule has 0 amide bonds. The molecule has 0 fully saturated rings. The molecule has 2 aliphatic carbocycles. The van der Waals surface area contributed by atoms with Crippen molar-refractivity contribution in [1.82, 2.24) is 0 Å². The quantitative estimate of drug-likeness (QED) is 0.200. The van der Waals surface area contributed by atoms with Crippen LogP contribution < -0.4 is 4.90 Å². The van der Waals surface area contributed by atoms with Crippen molar-refractivity contribution in [3.8, 4) is 22.3 Å². The predicted molar refractivity (Wildman–Crippen MR) is 192 cm³/mol. The van der Waals surface area contributed by atoms with Gasteiger partial charge in [-0.25, -0.2) is 0 Å². The molecule has 0 aliphatic heterocycles. The van der Waals surface area contributed by atoms with Crippen LogP contribution in [0, 0.1) is 0 Å². The third-order valence-electron chi connectivity index (χ3n) is 10.2. The summed E-state index contributed by atoms with van der Waals surface area (Å²) in [6.45, 7) is 0. The lowest BCUT2D eigenvalue weighted by Gasteiger charge is -2.36. The Morgan fingerprint density at radius 1 is 0.348 bits per heavy atom. The van der Waals surface area contributed by atoms with E-state index in [0.29, 0.717) is 0 Å². The topological polar surface area (TPSA) is 3.24 Å². The number of benzene rings is 8. The summed E-state index contributed by atoms with van der Waals surface area (Å²) >= 11 is 0. The van der Waals surface area contributed by atoms with E-state index in [9.17, 15) is 0 Å². The van der Waals surface area contributed by atoms with Crippen molar-refractivity contribution in [2.75, 3.05) is 4.90 Å². The van der Waals surface area contributed by atoms with Gasteiger partial charge in [0.25, 0.3) is 0 Å². The number of rotatable bonds is 3. The zero-order chi connectivity index (χ0) is 30.2. The molecule has 0 N–H and O–H groups in total. The molecule has 8 aromatic carbocycles. The molecule has 0 saturated heterocycles. The van der Waals surface area contributed by atoms with Crippen LogP contribution in [0.4, 0.5) is 17.1 Å². The Morgan fingerprint density at radius 3 is 1.65 bits per heavy atom. The molecule has 0 bridgehead atoms. The molecule has 2 aliphatic rings. The molecule has 8 aromatic rings. The normalized spacial score (nSPS) is 13.4. The first-order valence-corrected chi connectivity index (χ1v) is 16.0. The van der Waals surface area contributed by atoms with Crippen molar-refractivity contribution in [1.29, 1.82) is 0 Å². The van der Waals surface area contributed by atoms with Crippen molar-refractivity contribution >= 4 is 38.6 Å². The predicted octanol–water partition coefficient (Wildman–Crippen LogP) is 11.8. The Kier molecular flexibility index (Phi) is 5.27. The highest BCUT2D eigenvalue weighted by Gasteiger charge is 2.53. The summed E-state index contributed by atoms with van der Waals surface area (Å²) in [6.07, 6.45) is 0. The van der Waals surface area contributed by atoms with Crippen LogP contribution in [-0.4, -0.2) is 0 Å². The number of fused-ring (bicyclic) bond motifs is 12. The zero-order valence-corrected chi connectivity index (χ0v) is 25.2. The maximum atomic E-state index is 2.50. The van der Waals surface area contributed by atoms with E-state index >= 15 is 0 Å². The Hall–Kier alpha value is -5.92. The third-order valence-corrected chi connectivity index (χ3v) is 10.2. The fourth-order valence-electron chi connectivity index (χ4n) is 8.44. The zero-order valence-electron chi connectivity index (χ0n) is 25.2. The second-order valence-electron chi connectivity index (χ2n) is 12.5. The molecule has 214 valence electrons. The minimum absolute atomic E-state index is 0.476. The van der Waals surface area contributed by atoms with Gasteiger partial charge in [-0.15, -0.1) is 0 Å². The van der Waals surface area contributed by atoms with Gasteiger partial charge in [0, 0.05) is 16.6 Å². The minimum atomic E-state index is -0.476. The van der Waals surface area contributed by atoms with Crippen molar-refractivity contribution in [3.05, 3.63) is 198 Å². The highest BCUT2D eigenvalue weighted by Crippen LogP contribution is 2.65. The SMILES string of the molecule is c1ccc(N(c2cccc3c2C2(c4ccccc4-c4ccccc42)c2cc4ccccc4cc2-3)c2cccc3ccccc23)cc1. The molecule has 0 aromatic heterocycles. The largest absolute Gasteiger partial charge is 0.310 e. The van der Waals surface area contributed by atoms with E-state index in [1.807, 2.05) is 0 Å². The number of anilines is 3. The molecule has 0 unspecified atom stereocenters. The van der Waals surface area contributed by atoms with Gasteiger partial charge in [-0.05, 0) is 91.5 Å². The van der Waals surface area contributed by atoms with Crippen LogP contribution in [0.15, 0.2) is 176 Å². The van der Waals surface area contributed by atoms with Gasteiger partial charge >= 0.3 is 0 Å². The molecule has 1 nitrogen and oxygen atoms in total. The molecule has 0 saturated carbocycles. The summed E-state index contributed by atoms with van der Waals surface area (Å²) in [5.74, 6) is 0. The number of nitrogens with zero attached hydrogens (tertiary/aromatic N) is 1. The fraction of sp³-hybridized carbons (Fsp3) is 0.0222. The highest BCUT2D eigenvalue weighted by atomic mass is 15.1. The van der Waals surface area contributed by atoms with Gasteiger partial charge in [0.1, 0.15) is 0 Å². The van der Waals surface area contributed by atoms with Crippen LogP contribution in [0.3, 0.4) is 0 Å². The first-order valence-electron chi connectivity index (χ1n) is 16.0. The molecule has 0 atom stereocenters. The summed E-state index contributed by atoms with van der Waals surface area (Å²) in [5, 5.41) is 5.00. The van der Waals surface area contributed by atoms with Crippen molar-refractivity contribution in [3.63, 3.8) is 0 Å². The summed E-state index contributed by atoms with van der Waals surface area (Å²) in [6, 6.07) is 65.1. The maximum absolute atomic E-state index is 2.50. The van der Waals surface area contributed by atoms with E-state index in [2.05, 4.69) is 181 Å². The Bertz CT molecular complexity index is 2440. The van der Waals surface area contributed by atoms with E-state index in [4.69, 9.17) is 0 Å². The smallest absolute Gasteiger partial charge is 0.0746 e. The lowest BCUT2D eigenvalue weighted by molar-refractivity contribution is 0.794. The van der Waals surface area contributed by atoms with E-state index in [-0.39, 0.29) is 0 Å². The van der Waals surface area contributed by atoms with Gasteiger partial charge in [-0.1, -0.05) is 140 Å². The Morgan fingerprint density at radius 2 is 0.891 bits per heavy atom. The van der Waals surface area contributed by atoms with Crippen LogP contribution in [0.2, 0.25) is 0 Å². The van der Waals surface area contributed by atoms with Gasteiger partial charge in [0.15, 0.2) is 0 Å². The van der Waals surface area contributed by atoms with E-state index in [0.717, 1.165) is 5.69 Å².